The van der Waals surface area contributed by atoms with Gasteiger partial charge < -0.3 is 15.6 Å². The average molecular weight is 226 g/mol. The Morgan fingerprint density at radius 3 is 2.36 bits per heavy atom. The quantitative estimate of drug-likeness (QED) is 0.505. The van der Waals surface area contributed by atoms with Crippen LogP contribution in [0.1, 0.15) is 0 Å². The van der Waals surface area contributed by atoms with Crippen LogP contribution in [0.25, 0.3) is 0 Å². The fraction of sp³-hybridized carbons (Fsp3) is 0. The molecule has 0 aromatic heterocycles. The van der Waals surface area contributed by atoms with Gasteiger partial charge in [0.2, 0.25) is 0 Å². The Hall–Kier alpha value is -0.406. The van der Waals surface area contributed by atoms with Gasteiger partial charge in [-0.1, -0.05) is 12.2 Å². The van der Waals surface area contributed by atoms with E-state index in [1.165, 1.54) is 0 Å². The predicted molar refractivity (Wildman–Crippen MR) is 38.0 cm³/mol. The van der Waals surface area contributed by atoms with E-state index in [2.05, 4.69) is 6.07 Å². The Morgan fingerprint density at radius 1 is 1.64 bits per heavy atom. The maximum atomic E-state index is 8.24. The first-order chi connectivity index (χ1) is 4.81. The number of hydrogen-bond donors (Lipinski definition) is 2. The molecule has 11 heavy (non-hydrogen) atoms. The van der Waals surface area contributed by atoms with E-state index in [-0.39, 0.29) is 32.7 Å². The monoisotopic (exact) mass is 226 g/mol. The molecule has 0 saturated carbocycles. The zero-order valence-electron chi connectivity index (χ0n) is 5.82. The van der Waals surface area contributed by atoms with E-state index < -0.39 is 0 Å². The molecule has 0 amide bonds. The van der Waals surface area contributed by atoms with Gasteiger partial charge in [-0.05, 0) is 0 Å². The summed E-state index contributed by atoms with van der Waals surface area (Å²) in [6.07, 6.45) is 0. The van der Waals surface area contributed by atoms with Gasteiger partial charge in [-0.3, -0.25) is 0 Å². The van der Waals surface area contributed by atoms with E-state index in [0.717, 1.165) is 5.69 Å². The van der Waals surface area contributed by atoms with Crippen LogP contribution in [-0.4, -0.2) is 11.6 Å². The molecule has 0 saturated heterocycles. The van der Waals surface area contributed by atoms with Crippen LogP contribution in [0.2, 0.25) is 0 Å². The zero-order chi connectivity index (χ0) is 7.82. The molecule has 3 N–H and O–H groups in total. The van der Waals surface area contributed by atoms with Crippen LogP contribution in [0.5, 0.6) is 0 Å². The van der Waals surface area contributed by atoms with Crippen LogP contribution < -0.4 is 5.73 Å². The standard InChI is InChI=1S/C6H6N.CHO2.Y/c7-6-4-2-1-3-5-6;2-1-3;/h1-2,4-5H,7H2;(H,2,3);/q2*-1;. The second kappa shape index (κ2) is 9.59. The molecular weight excluding hydrogens is 219 g/mol. The van der Waals surface area contributed by atoms with Gasteiger partial charge in [0.1, 0.15) is 0 Å². The smallest absolute Gasteiger partial charge is 0 e. The van der Waals surface area contributed by atoms with E-state index in [1.54, 1.807) is 6.07 Å². The molecule has 1 aromatic rings. The Balaban J connectivity index is 0. The average Bonchev–Trinajstić information content (AvgIpc) is 1.91. The number of nitrogen functional groups attached to an aromatic ring is 1. The summed E-state index contributed by atoms with van der Waals surface area (Å²) in [4.78, 5) is 8.24. The Labute approximate surface area is 90.5 Å². The van der Waals surface area contributed by atoms with E-state index in [9.17, 15) is 0 Å². The summed E-state index contributed by atoms with van der Waals surface area (Å²) in [5.74, 6) is 0. The van der Waals surface area contributed by atoms with Crippen LogP contribution in [0.3, 0.4) is 0 Å². The molecule has 0 unspecified atom stereocenters. The van der Waals surface area contributed by atoms with Gasteiger partial charge in [-0.15, -0.1) is 0 Å². The normalized spacial score (nSPS) is 6.55. The number of benzene rings is 1. The number of aliphatic hydroxyl groups excluding tert-OH is 1. The fourth-order valence-corrected chi connectivity index (χ4v) is 0.407. The van der Waals surface area contributed by atoms with Crippen molar-refractivity contribution in [2.75, 3.05) is 5.73 Å². The summed E-state index contributed by atoms with van der Waals surface area (Å²) in [5, 5.41) is 6.76. The van der Waals surface area contributed by atoms with Gasteiger partial charge in [-0.25, -0.2) is 0 Å². The van der Waals surface area contributed by atoms with Crippen molar-refractivity contribution in [2.45, 2.75) is 0 Å². The molecule has 0 spiro atoms. The molecule has 0 aliphatic rings. The number of hydrogen-bond acceptors (Lipinski definition) is 2. The van der Waals surface area contributed by atoms with Crippen molar-refractivity contribution in [1.29, 1.82) is 0 Å². The minimum atomic E-state index is 0. The molecule has 0 fully saturated rings. The molecule has 3 nitrogen and oxygen atoms in total. The van der Waals surface area contributed by atoms with Crippen LogP contribution in [0.15, 0.2) is 24.3 Å². The van der Waals surface area contributed by atoms with Gasteiger partial charge in [0.25, 0.3) is 0 Å². The molecule has 1 rings (SSSR count). The van der Waals surface area contributed by atoms with Crippen molar-refractivity contribution in [1.82, 2.24) is 0 Å². The van der Waals surface area contributed by atoms with Gasteiger partial charge in [0.15, 0.2) is 0 Å². The first kappa shape index (κ1) is 13.2. The van der Waals surface area contributed by atoms with E-state index in [1.807, 2.05) is 18.2 Å². The fourth-order valence-electron chi connectivity index (χ4n) is 0.407. The minimum Gasteiger partial charge on any atom is -0.665 e. The van der Waals surface area contributed by atoms with Crippen molar-refractivity contribution in [3.05, 3.63) is 30.3 Å². The molecule has 0 aliphatic carbocycles. The minimum absolute atomic E-state index is 0. The summed E-state index contributed by atoms with van der Waals surface area (Å²) in [5.41, 5.74) is 6.09. The van der Waals surface area contributed by atoms with Crippen molar-refractivity contribution in [3.8, 4) is 0 Å². The van der Waals surface area contributed by atoms with Crippen LogP contribution in [-0.2, 0) is 37.5 Å². The summed E-state index contributed by atoms with van der Waals surface area (Å²) in [7, 11) is 0. The van der Waals surface area contributed by atoms with Crippen molar-refractivity contribution < 1.29 is 42.6 Å². The van der Waals surface area contributed by atoms with Gasteiger partial charge in [0.05, 0.1) is 0 Å². The summed E-state index contributed by atoms with van der Waals surface area (Å²) in [6, 6.07) is 10.1. The molecular formula is C7H7NO2Y-2. The van der Waals surface area contributed by atoms with E-state index >= 15 is 0 Å². The summed E-state index contributed by atoms with van der Waals surface area (Å²) < 4.78 is 0. The Kier molecular flexibility index (Phi) is 11.5. The zero-order valence-corrected chi connectivity index (χ0v) is 8.66. The van der Waals surface area contributed by atoms with Crippen molar-refractivity contribution in [2.24, 2.45) is 0 Å². The van der Waals surface area contributed by atoms with E-state index in [4.69, 9.17) is 15.6 Å². The maximum absolute atomic E-state index is 8.24. The molecule has 4 heteroatoms. The largest absolute Gasteiger partial charge is 0.665 e. The first-order valence-corrected chi connectivity index (χ1v) is 2.54. The topological polar surface area (TPSA) is 63.3 Å². The summed E-state index contributed by atoms with van der Waals surface area (Å²) >= 11 is 0. The Bertz CT molecular complexity index is 179. The molecule has 0 atom stereocenters. The third-order valence-corrected chi connectivity index (χ3v) is 0.731. The first-order valence-electron chi connectivity index (χ1n) is 2.54. The molecule has 0 aliphatic heterocycles. The SMILES string of the molecule is Nc1c[c-]ccc1.O=[C-]O.[Y]. The second-order valence-electron chi connectivity index (χ2n) is 1.43. The predicted octanol–water partition coefficient (Wildman–Crippen LogP) is 0.678. The molecule has 57 valence electrons. The summed E-state index contributed by atoms with van der Waals surface area (Å²) in [6.45, 7) is 0.500. The van der Waals surface area contributed by atoms with Gasteiger partial charge in [0, 0.05) is 32.7 Å². The third-order valence-electron chi connectivity index (χ3n) is 0.731. The van der Waals surface area contributed by atoms with Gasteiger partial charge in [-0.2, -0.15) is 30.3 Å². The molecule has 0 heterocycles. The van der Waals surface area contributed by atoms with Gasteiger partial charge >= 0.3 is 0 Å². The van der Waals surface area contributed by atoms with E-state index in [0.29, 0.717) is 6.47 Å². The van der Waals surface area contributed by atoms with Crippen LogP contribution in [0, 0.1) is 6.07 Å². The van der Waals surface area contributed by atoms with Crippen LogP contribution in [0.4, 0.5) is 5.69 Å². The van der Waals surface area contributed by atoms with Crippen LogP contribution >= 0.6 is 0 Å². The Morgan fingerprint density at radius 2 is 2.18 bits per heavy atom. The molecule has 1 aromatic carbocycles. The maximum Gasteiger partial charge on any atom is 0 e. The number of nitrogens with two attached hydrogens (primary N) is 1. The number of anilines is 1. The van der Waals surface area contributed by atoms with Crippen molar-refractivity contribution in [3.63, 3.8) is 0 Å². The molecule has 1 radical (unpaired) electrons. The van der Waals surface area contributed by atoms with Crippen molar-refractivity contribution >= 4 is 12.2 Å². The number of rotatable bonds is 0. The molecule has 0 bridgehead atoms. The second-order valence-corrected chi connectivity index (χ2v) is 1.43. The third kappa shape index (κ3) is 9.59.